The smallest absolute Gasteiger partial charge is 0.237 e. The van der Waals surface area contributed by atoms with E-state index in [1.807, 2.05) is 24.3 Å². The quantitative estimate of drug-likeness (QED) is 0.708. The summed E-state index contributed by atoms with van der Waals surface area (Å²) in [4.78, 5) is 29.1. The Morgan fingerprint density at radius 3 is 2.62 bits per heavy atom. The number of carbonyl (C=O) groups excluding carboxylic acids is 2. The number of rotatable bonds is 7. The topological polar surface area (TPSA) is 97.1 Å². The summed E-state index contributed by atoms with van der Waals surface area (Å²) in [5.74, 6) is -1.55. The maximum absolute atomic E-state index is 12.5. The van der Waals surface area contributed by atoms with Gasteiger partial charge in [-0.3, -0.25) is 4.79 Å². The molecule has 2 rings (SSSR count). The number of pyridine rings is 1. The molecule has 0 radical (unpaired) electrons. The van der Waals surface area contributed by atoms with E-state index in [0.717, 1.165) is 11.8 Å². The van der Waals surface area contributed by atoms with Gasteiger partial charge in [-0.25, -0.2) is 4.98 Å². The molecule has 0 N–H and O–H groups in total. The minimum atomic E-state index is -1.33. The van der Waals surface area contributed by atoms with Gasteiger partial charge in [0, 0.05) is 24.0 Å². The second-order valence-corrected chi connectivity index (χ2v) is 5.69. The SMILES string of the molecule is N#CCCN(C(=O)CSc1ncccc1C(=O)[O-])c1ccccc1. The van der Waals surface area contributed by atoms with E-state index in [1.54, 1.807) is 12.1 Å². The van der Waals surface area contributed by atoms with Crippen LogP contribution in [0.4, 0.5) is 5.69 Å². The fourth-order valence-corrected chi connectivity index (χ4v) is 2.90. The summed E-state index contributed by atoms with van der Waals surface area (Å²) in [6, 6.07) is 13.9. The third kappa shape index (κ3) is 4.57. The lowest BCUT2D eigenvalue weighted by Crippen LogP contribution is -2.33. The van der Waals surface area contributed by atoms with E-state index >= 15 is 0 Å². The molecule has 1 heterocycles. The summed E-state index contributed by atoms with van der Waals surface area (Å²) in [7, 11) is 0. The molecule has 122 valence electrons. The Morgan fingerprint density at radius 2 is 1.96 bits per heavy atom. The number of thioether (sulfide) groups is 1. The normalized spacial score (nSPS) is 9.96. The maximum Gasteiger partial charge on any atom is 0.237 e. The molecule has 0 saturated carbocycles. The van der Waals surface area contributed by atoms with Crippen LogP contribution >= 0.6 is 11.8 Å². The number of anilines is 1. The number of carboxylic acid groups (broad SMARTS) is 1. The van der Waals surface area contributed by atoms with Gasteiger partial charge in [-0.05, 0) is 24.3 Å². The summed E-state index contributed by atoms with van der Waals surface area (Å²) < 4.78 is 0. The van der Waals surface area contributed by atoms with Crippen molar-refractivity contribution in [2.75, 3.05) is 17.2 Å². The third-order valence-electron chi connectivity index (χ3n) is 3.14. The van der Waals surface area contributed by atoms with E-state index in [0.29, 0.717) is 5.69 Å². The number of hydrogen-bond acceptors (Lipinski definition) is 6. The van der Waals surface area contributed by atoms with Gasteiger partial charge >= 0.3 is 0 Å². The number of para-hydroxylation sites is 1. The Balaban J connectivity index is 2.11. The number of carbonyl (C=O) groups is 2. The number of nitriles is 1. The van der Waals surface area contributed by atoms with Crippen LogP contribution in [0.2, 0.25) is 0 Å². The van der Waals surface area contributed by atoms with Crippen LogP contribution in [0.1, 0.15) is 16.8 Å². The van der Waals surface area contributed by atoms with Gasteiger partial charge in [0.1, 0.15) is 5.03 Å². The molecule has 1 aromatic carbocycles. The summed E-state index contributed by atoms with van der Waals surface area (Å²) in [5.41, 5.74) is 0.651. The number of nitrogens with zero attached hydrogens (tertiary/aromatic N) is 3. The van der Waals surface area contributed by atoms with Crippen molar-refractivity contribution < 1.29 is 14.7 Å². The molecular weight excluding hydrogens is 326 g/mol. The molecule has 1 aromatic heterocycles. The van der Waals surface area contributed by atoms with Crippen LogP contribution in [0.3, 0.4) is 0 Å². The number of hydrogen-bond donors (Lipinski definition) is 0. The van der Waals surface area contributed by atoms with E-state index in [4.69, 9.17) is 5.26 Å². The van der Waals surface area contributed by atoms with E-state index in [9.17, 15) is 14.7 Å². The summed E-state index contributed by atoms with van der Waals surface area (Å²) in [6.07, 6.45) is 1.67. The van der Waals surface area contributed by atoms with E-state index < -0.39 is 5.97 Å². The average Bonchev–Trinajstić information content (AvgIpc) is 2.61. The second kappa shape index (κ2) is 8.70. The molecule has 6 nitrogen and oxygen atoms in total. The van der Waals surface area contributed by atoms with Crippen LogP contribution in [0.25, 0.3) is 0 Å². The van der Waals surface area contributed by atoms with E-state index in [2.05, 4.69) is 4.98 Å². The predicted octanol–water partition coefficient (Wildman–Crippen LogP) is 1.48. The molecule has 0 aliphatic heterocycles. The molecule has 7 heteroatoms. The monoisotopic (exact) mass is 340 g/mol. The largest absolute Gasteiger partial charge is 0.545 e. The van der Waals surface area contributed by atoms with Gasteiger partial charge in [-0.1, -0.05) is 30.0 Å². The van der Waals surface area contributed by atoms with E-state index in [1.165, 1.54) is 23.2 Å². The molecule has 24 heavy (non-hydrogen) atoms. The molecule has 2 aromatic rings. The first-order valence-electron chi connectivity index (χ1n) is 7.15. The molecule has 0 aliphatic rings. The predicted molar refractivity (Wildman–Crippen MR) is 88.3 cm³/mol. The lowest BCUT2D eigenvalue weighted by molar-refractivity contribution is -0.255. The number of amides is 1. The van der Waals surface area contributed by atoms with Crippen molar-refractivity contribution in [2.45, 2.75) is 11.4 Å². The van der Waals surface area contributed by atoms with Crippen molar-refractivity contribution in [3.63, 3.8) is 0 Å². The van der Waals surface area contributed by atoms with Gasteiger partial charge in [-0.15, -0.1) is 0 Å². The first-order chi connectivity index (χ1) is 11.6. The van der Waals surface area contributed by atoms with Crippen molar-refractivity contribution >= 4 is 29.3 Å². The van der Waals surface area contributed by atoms with Gasteiger partial charge in [-0.2, -0.15) is 5.26 Å². The summed E-state index contributed by atoms with van der Waals surface area (Å²) in [5, 5.41) is 20.1. The van der Waals surface area contributed by atoms with Crippen molar-refractivity contribution in [3.05, 3.63) is 54.2 Å². The molecular formula is C17H14N3O3S-. The van der Waals surface area contributed by atoms with Crippen molar-refractivity contribution in [3.8, 4) is 6.07 Å². The van der Waals surface area contributed by atoms with Gasteiger partial charge < -0.3 is 14.8 Å². The fraction of sp³-hybridized carbons (Fsp3) is 0.176. The molecule has 0 aliphatic carbocycles. The van der Waals surface area contributed by atoms with Crippen LogP contribution < -0.4 is 10.0 Å². The molecule has 0 spiro atoms. The fourth-order valence-electron chi connectivity index (χ4n) is 2.04. The zero-order valence-electron chi connectivity index (χ0n) is 12.7. The maximum atomic E-state index is 12.5. The third-order valence-corrected chi connectivity index (χ3v) is 4.13. The molecule has 0 unspecified atom stereocenters. The molecule has 0 fully saturated rings. The Morgan fingerprint density at radius 1 is 1.21 bits per heavy atom. The lowest BCUT2D eigenvalue weighted by Gasteiger charge is -2.21. The second-order valence-electron chi connectivity index (χ2n) is 4.72. The highest BCUT2D eigenvalue weighted by molar-refractivity contribution is 8.00. The zero-order chi connectivity index (χ0) is 17.4. The minimum Gasteiger partial charge on any atom is -0.545 e. The Bertz CT molecular complexity index is 759. The van der Waals surface area contributed by atoms with Crippen LogP contribution in [-0.4, -0.2) is 29.2 Å². The molecule has 0 atom stereocenters. The standard InChI is InChI=1S/C17H15N3O3S/c18-9-5-11-20(13-6-2-1-3-7-13)15(21)12-24-16-14(17(22)23)8-4-10-19-16/h1-4,6-8,10H,5,11-12H2,(H,22,23)/p-1. The Kier molecular flexibility index (Phi) is 6.34. The van der Waals surface area contributed by atoms with Gasteiger partial charge in [0.25, 0.3) is 0 Å². The summed E-state index contributed by atoms with van der Waals surface area (Å²) in [6.45, 7) is 0.273. The highest BCUT2D eigenvalue weighted by Crippen LogP contribution is 2.22. The highest BCUT2D eigenvalue weighted by atomic mass is 32.2. The Labute approximate surface area is 143 Å². The van der Waals surface area contributed by atoms with E-state index in [-0.39, 0.29) is 35.2 Å². The van der Waals surface area contributed by atoms with Gasteiger partial charge in [0.2, 0.25) is 5.91 Å². The Hall–Kier alpha value is -2.85. The highest BCUT2D eigenvalue weighted by Gasteiger charge is 2.16. The van der Waals surface area contributed by atoms with Crippen LogP contribution in [0.5, 0.6) is 0 Å². The number of carboxylic acids is 1. The minimum absolute atomic E-state index is 0.0115. The molecule has 0 saturated heterocycles. The van der Waals surface area contributed by atoms with Crippen LogP contribution in [0, 0.1) is 11.3 Å². The van der Waals surface area contributed by atoms with Crippen LogP contribution in [0.15, 0.2) is 53.7 Å². The van der Waals surface area contributed by atoms with Crippen molar-refractivity contribution in [2.24, 2.45) is 0 Å². The van der Waals surface area contributed by atoms with Gasteiger partial charge in [0.15, 0.2) is 0 Å². The first kappa shape index (κ1) is 17.5. The van der Waals surface area contributed by atoms with Crippen molar-refractivity contribution in [1.29, 1.82) is 5.26 Å². The summed E-state index contributed by atoms with van der Waals surface area (Å²) >= 11 is 1.03. The number of benzene rings is 1. The molecule has 1 amide bonds. The van der Waals surface area contributed by atoms with Crippen LogP contribution in [-0.2, 0) is 4.79 Å². The van der Waals surface area contributed by atoms with Gasteiger partial charge in [0.05, 0.1) is 24.2 Å². The lowest BCUT2D eigenvalue weighted by atomic mass is 10.2. The number of aromatic carboxylic acids is 1. The first-order valence-corrected chi connectivity index (χ1v) is 8.13. The molecule has 0 bridgehead atoms. The van der Waals surface area contributed by atoms with Crippen molar-refractivity contribution in [1.82, 2.24) is 4.98 Å². The number of aromatic nitrogens is 1. The average molecular weight is 340 g/mol. The zero-order valence-corrected chi connectivity index (χ0v) is 13.5.